The number of hydrogen-bond donors (Lipinski definition) is 1. The third-order valence-electron chi connectivity index (χ3n) is 2.24. The molecule has 0 bridgehead atoms. The molecule has 1 N–H and O–H groups in total. The molecule has 1 heterocycles. The number of methoxy groups -OCH3 is 1. The fourth-order valence-corrected chi connectivity index (χ4v) is 1.40. The number of aliphatic hydroxyl groups is 1. The lowest BCUT2D eigenvalue weighted by Crippen LogP contribution is -1.94. The van der Waals surface area contributed by atoms with Crippen LogP contribution in [0, 0.1) is 0 Å². The van der Waals surface area contributed by atoms with E-state index in [2.05, 4.69) is 9.97 Å². The highest BCUT2D eigenvalue weighted by Gasteiger charge is 2.06. The van der Waals surface area contributed by atoms with Gasteiger partial charge in [0.1, 0.15) is 5.75 Å². The van der Waals surface area contributed by atoms with E-state index in [0.29, 0.717) is 11.4 Å². The van der Waals surface area contributed by atoms with Crippen LogP contribution in [0.3, 0.4) is 0 Å². The summed E-state index contributed by atoms with van der Waals surface area (Å²) in [4.78, 5) is 8.35. The van der Waals surface area contributed by atoms with Crippen molar-refractivity contribution in [3.8, 4) is 17.1 Å². The molecule has 4 heteroatoms. The lowest BCUT2D eigenvalue weighted by molar-refractivity contribution is 0.281. The molecule has 0 aliphatic carbocycles. The smallest absolute Gasteiger partial charge is 0.162 e. The fourth-order valence-electron chi connectivity index (χ4n) is 1.40. The third kappa shape index (κ3) is 2.01. The van der Waals surface area contributed by atoms with Crippen molar-refractivity contribution in [1.29, 1.82) is 0 Å². The molecule has 2 rings (SSSR count). The van der Waals surface area contributed by atoms with Crippen molar-refractivity contribution >= 4 is 0 Å². The summed E-state index contributed by atoms with van der Waals surface area (Å²) in [6.45, 7) is -0.0494. The number of nitrogens with zero attached hydrogens (tertiary/aromatic N) is 2. The van der Waals surface area contributed by atoms with Gasteiger partial charge in [-0.05, 0) is 12.1 Å². The minimum absolute atomic E-state index is 0.0494. The largest absolute Gasteiger partial charge is 0.496 e. The van der Waals surface area contributed by atoms with Crippen molar-refractivity contribution in [2.24, 2.45) is 0 Å². The van der Waals surface area contributed by atoms with Crippen molar-refractivity contribution in [1.82, 2.24) is 9.97 Å². The predicted octanol–water partition coefficient (Wildman–Crippen LogP) is 1.64. The minimum atomic E-state index is -0.0494. The van der Waals surface area contributed by atoms with Crippen molar-refractivity contribution < 1.29 is 9.84 Å². The number of aromatic nitrogens is 2. The molecule has 16 heavy (non-hydrogen) atoms. The number of hydrogen-bond acceptors (Lipinski definition) is 4. The summed E-state index contributed by atoms with van der Waals surface area (Å²) in [6, 6.07) is 7.55. The van der Waals surface area contributed by atoms with Crippen LogP contribution in [0.4, 0.5) is 0 Å². The maximum Gasteiger partial charge on any atom is 0.162 e. The minimum Gasteiger partial charge on any atom is -0.496 e. The number of para-hydroxylation sites is 1. The summed E-state index contributed by atoms with van der Waals surface area (Å²) in [5, 5.41) is 8.90. The summed E-state index contributed by atoms with van der Waals surface area (Å²) < 4.78 is 5.23. The van der Waals surface area contributed by atoms with E-state index < -0.39 is 0 Å². The Balaban J connectivity index is 2.42. The van der Waals surface area contributed by atoms with Crippen LogP contribution in [0.25, 0.3) is 11.4 Å². The van der Waals surface area contributed by atoms with E-state index in [4.69, 9.17) is 9.84 Å². The first-order chi connectivity index (χ1) is 7.85. The van der Waals surface area contributed by atoms with Gasteiger partial charge in [0.2, 0.25) is 0 Å². The summed E-state index contributed by atoms with van der Waals surface area (Å²) >= 11 is 0. The highest BCUT2D eigenvalue weighted by Crippen LogP contribution is 2.26. The van der Waals surface area contributed by atoms with Gasteiger partial charge < -0.3 is 9.84 Å². The molecule has 0 aliphatic heterocycles. The van der Waals surface area contributed by atoms with Crippen molar-refractivity contribution in [3.63, 3.8) is 0 Å². The first-order valence-electron chi connectivity index (χ1n) is 4.90. The molecule has 2 aromatic rings. The number of rotatable bonds is 3. The van der Waals surface area contributed by atoms with Crippen molar-refractivity contribution in [3.05, 3.63) is 42.2 Å². The Morgan fingerprint density at radius 2 is 1.88 bits per heavy atom. The molecule has 0 atom stereocenters. The zero-order valence-electron chi connectivity index (χ0n) is 8.92. The number of ether oxygens (including phenoxy) is 1. The lowest BCUT2D eigenvalue weighted by Gasteiger charge is -2.06. The molecule has 1 aromatic carbocycles. The Hall–Kier alpha value is -1.94. The fraction of sp³-hybridized carbons (Fsp3) is 0.167. The standard InChI is InChI=1S/C12H12N2O2/c1-16-11-5-3-2-4-10(11)12-13-6-9(8-15)7-14-12/h2-7,15H,8H2,1H3. The van der Waals surface area contributed by atoms with Crippen LogP contribution >= 0.6 is 0 Å². The van der Waals surface area contributed by atoms with Crippen LogP contribution in [-0.4, -0.2) is 22.2 Å². The van der Waals surface area contributed by atoms with E-state index in [9.17, 15) is 0 Å². The van der Waals surface area contributed by atoms with Crippen LogP contribution in [-0.2, 0) is 6.61 Å². The zero-order valence-corrected chi connectivity index (χ0v) is 8.92. The normalized spacial score (nSPS) is 10.1. The Labute approximate surface area is 93.6 Å². The van der Waals surface area contributed by atoms with Crippen LogP contribution in [0.5, 0.6) is 5.75 Å². The van der Waals surface area contributed by atoms with E-state index in [1.54, 1.807) is 19.5 Å². The second kappa shape index (κ2) is 4.72. The molecule has 0 spiro atoms. The van der Waals surface area contributed by atoms with Gasteiger partial charge in [-0.3, -0.25) is 0 Å². The monoisotopic (exact) mass is 216 g/mol. The van der Waals surface area contributed by atoms with E-state index in [1.165, 1.54) is 0 Å². The maximum atomic E-state index is 8.90. The van der Waals surface area contributed by atoms with Gasteiger partial charge in [0.15, 0.2) is 5.82 Å². The summed E-state index contributed by atoms with van der Waals surface area (Å²) in [5.41, 5.74) is 1.54. The maximum absolute atomic E-state index is 8.90. The van der Waals surface area contributed by atoms with Gasteiger partial charge in [-0.15, -0.1) is 0 Å². The van der Waals surface area contributed by atoms with Gasteiger partial charge in [-0.1, -0.05) is 12.1 Å². The Bertz CT molecular complexity index is 469. The Kier molecular flexibility index (Phi) is 3.12. The summed E-state index contributed by atoms with van der Waals surface area (Å²) in [6.07, 6.45) is 3.21. The zero-order chi connectivity index (χ0) is 11.4. The number of aliphatic hydroxyl groups excluding tert-OH is 1. The molecule has 4 nitrogen and oxygen atoms in total. The molecule has 1 aromatic heterocycles. The van der Waals surface area contributed by atoms with Gasteiger partial charge >= 0.3 is 0 Å². The van der Waals surface area contributed by atoms with E-state index in [-0.39, 0.29) is 6.61 Å². The summed E-state index contributed by atoms with van der Waals surface area (Å²) in [7, 11) is 1.61. The first kappa shape index (κ1) is 10.6. The predicted molar refractivity (Wildman–Crippen MR) is 59.9 cm³/mol. The second-order valence-corrected chi connectivity index (χ2v) is 3.27. The average molecular weight is 216 g/mol. The van der Waals surface area contributed by atoms with Crippen LogP contribution in [0.2, 0.25) is 0 Å². The molecule has 0 aliphatic rings. The van der Waals surface area contributed by atoms with Crippen molar-refractivity contribution in [2.75, 3.05) is 7.11 Å². The van der Waals surface area contributed by atoms with Crippen LogP contribution in [0.15, 0.2) is 36.7 Å². The molecule has 0 amide bonds. The average Bonchev–Trinajstić information content (AvgIpc) is 2.39. The van der Waals surface area contributed by atoms with Gasteiger partial charge in [-0.2, -0.15) is 0 Å². The van der Waals surface area contributed by atoms with Gasteiger partial charge in [0.25, 0.3) is 0 Å². The molecule has 0 fully saturated rings. The van der Waals surface area contributed by atoms with E-state index in [0.717, 1.165) is 11.3 Å². The van der Waals surface area contributed by atoms with E-state index >= 15 is 0 Å². The van der Waals surface area contributed by atoms with Gasteiger partial charge in [-0.25, -0.2) is 9.97 Å². The quantitative estimate of drug-likeness (QED) is 0.847. The van der Waals surface area contributed by atoms with Crippen LogP contribution in [0.1, 0.15) is 5.56 Å². The molecular formula is C12H12N2O2. The molecule has 0 saturated carbocycles. The first-order valence-corrected chi connectivity index (χ1v) is 4.90. The lowest BCUT2D eigenvalue weighted by atomic mass is 10.2. The van der Waals surface area contributed by atoms with Gasteiger partial charge in [0, 0.05) is 18.0 Å². The SMILES string of the molecule is COc1ccccc1-c1ncc(CO)cn1. The Morgan fingerprint density at radius 1 is 1.19 bits per heavy atom. The molecular weight excluding hydrogens is 204 g/mol. The molecule has 82 valence electrons. The van der Waals surface area contributed by atoms with Crippen LogP contribution < -0.4 is 4.74 Å². The van der Waals surface area contributed by atoms with E-state index in [1.807, 2.05) is 24.3 Å². The molecule has 0 saturated heterocycles. The van der Waals surface area contributed by atoms with Gasteiger partial charge in [0.05, 0.1) is 19.3 Å². The molecule has 0 radical (unpaired) electrons. The highest BCUT2D eigenvalue weighted by molar-refractivity contribution is 5.63. The second-order valence-electron chi connectivity index (χ2n) is 3.27. The Morgan fingerprint density at radius 3 is 2.50 bits per heavy atom. The highest BCUT2D eigenvalue weighted by atomic mass is 16.5. The summed E-state index contributed by atoms with van der Waals surface area (Å²) in [5.74, 6) is 1.33. The third-order valence-corrected chi connectivity index (χ3v) is 2.24. The van der Waals surface area contributed by atoms with Crippen molar-refractivity contribution in [2.45, 2.75) is 6.61 Å². The topological polar surface area (TPSA) is 55.2 Å². The molecule has 0 unspecified atom stereocenters. The number of benzene rings is 1.